The summed E-state index contributed by atoms with van der Waals surface area (Å²) in [5.74, 6) is 0.378. The number of anilines is 1. The summed E-state index contributed by atoms with van der Waals surface area (Å²) in [7, 11) is 0. The lowest BCUT2D eigenvalue weighted by Crippen LogP contribution is -2.61. The quantitative estimate of drug-likeness (QED) is 0.751. The lowest BCUT2D eigenvalue weighted by molar-refractivity contribution is 0.0995. The lowest BCUT2D eigenvalue weighted by atomic mass is 10.1. The first-order valence-corrected chi connectivity index (χ1v) is 6.70. The van der Waals surface area contributed by atoms with Gasteiger partial charge in [-0.15, -0.1) is 0 Å². The standard InChI is InChI=1S/C13H19N5O/c14-13(19)11-2-1-3-12(16-11)18-6-4-17(5-7-18)10-8-15-9-10/h1-3,10,15H,4-9H2,(H2,14,19). The normalized spacial score (nSPS) is 21.2. The van der Waals surface area contributed by atoms with Crippen LogP contribution in [-0.2, 0) is 0 Å². The zero-order valence-corrected chi connectivity index (χ0v) is 10.9. The van der Waals surface area contributed by atoms with Gasteiger partial charge in [-0.05, 0) is 12.1 Å². The van der Waals surface area contributed by atoms with Crippen molar-refractivity contribution in [3.63, 3.8) is 0 Å². The fourth-order valence-electron chi connectivity index (χ4n) is 2.58. The van der Waals surface area contributed by atoms with Crippen molar-refractivity contribution >= 4 is 11.7 Å². The van der Waals surface area contributed by atoms with Crippen LogP contribution in [-0.4, -0.2) is 61.1 Å². The smallest absolute Gasteiger partial charge is 0.267 e. The molecule has 3 rings (SSSR count). The van der Waals surface area contributed by atoms with E-state index >= 15 is 0 Å². The lowest BCUT2D eigenvalue weighted by Gasteiger charge is -2.43. The highest BCUT2D eigenvalue weighted by atomic mass is 16.1. The second-order valence-corrected chi connectivity index (χ2v) is 5.08. The molecular formula is C13H19N5O. The molecule has 2 saturated heterocycles. The maximum absolute atomic E-state index is 11.1. The SMILES string of the molecule is NC(=O)c1cccc(N2CCN(C3CNC3)CC2)n1. The van der Waals surface area contributed by atoms with E-state index in [4.69, 9.17) is 5.73 Å². The maximum Gasteiger partial charge on any atom is 0.267 e. The van der Waals surface area contributed by atoms with Crippen molar-refractivity contribution in [2.75, 3.05) is 44.2 Å². The number of carbonyl (C=O) groups is 1. The van der Waals surface area contributed by atoms with E-state index in [1.165, 1.54) is 0 Å². The number of nitrogens with zero attached hydrogens (tertiary/aromatic N) is 3. The van der Waals surface area contributed by atoms with Crippen molar-refractivity contribution in [1.29, 1.82) is 0 Å². The third kappa shape index (κ3) is 2.54. The van der Waals surface area contributed by atoms with Crippen molar-refractivity contribution < 1.29 is 4.79 Å². The molecule has 0 unspecified atom stereocenters. The van der Waals surface area contributed by atoms with Gasteiger partial charge in [0.2, 0.25) is 0 Å². The molecule has 2 aliphatic heterocycles. The van der Waals surface area contributed by atoms with Gasteiger partial charge in [0.05, 0.1) is 0 Å². The van der Waals surface area contributed by atoms with Gasteiger partial charge < -0.3 is 16.0 Å². The molecule has 6 heteroatoms. The van der Waals surface area contributed by atoms with Gasteiger partial charge in [0.1, 0.15) is 11.5 Å². The Balaban J connectivity index is 1.64. The zero-order chi connectivity index (χ0) is 13.2. The van der Waals surface area contributed by atoms with Crippen molar-refractivity contribution in [3.8, 4) is 0 Å². The van der Waals surface area contributed by atoms with Gasteiger partial charge in [0.25, 0.3) is 5.91 Å². The first-order chi connectivity index (χ1) is 9.24. The number of carbonyl (C=O) groups excluding carboxylic acids is 1. The number of hydrogen-bond acceptors (Lipinski definition) is 5. The minimum Gasteiger partial charge on any atom is -0.364 e. The van der Waals surface area contributed by atoms with E-state index in [1.54, 1.807) is 6.07 Å². The summed E-state index contributed by atoms with van der Waals surface area (Å²) in [5.41, 5.74) is 5.60. The molecule has 3 N–H and O–H groups in total. The van der Waals surface area contributed by atoms with Crippen LogP contribution in [0.25, 0.3) is 0 Å². The van der Waals surface area contributed by atoms with Gasteiger partial charge in [-0.3, -0.25) is 9.69 Å². The Morgan fingerprint density at radius 2 is 2.00 bits per heavy atom. The molecule has 19 heavy (non-hydrogen) atoms. The van der Waals surface area contributed by atoms with E-state index in [-0.39, 0.29) is 0 Å². The Kier molecular flexibility index (Phi) is 3.35. The van der Waals surface area contributed by atoms with E-state index in [0.29, 0.717) is 11.7 Å². The average molecular weight is 261 g/mol. The van der Waals surface area contributed by atoms with Crippen LogP contribution in [0.2, 0.25) is 0 Å². The monoisotopic (exact) mass is 261 g/mol. The Morgan fingerprint density at radius 3 is 2.58 bits per heavy atom. The molecule has 0 aliphatic carbocycles. The van der Waals surface area contributed by atoms with E-state index in [0.717, 1.165) is 45.1 Å². The number of nitrogens with two attached hydrogens (primary N) is 1. The minimum atomic E-state index is -0.471. The summed E-state index contributed by atoms with van der Waals surface area (Å²) in [4.78, 5) is 20.2. The summed E-state index contributed by atoms with van der Waals surface area (Å²) >= 11 is 0. The van der Waals surface area contributed by atoms with Gasteiger partial charge in [-0.2, -0.15) is 0 Å². The van der Waals surface area contributed by atoms with Gasteiger partial charge in [-0.25, -0.2) is 4.98 Å². The van der Waals surface area contributed by atoms with E-state index < -0.39 is 5.91 Å². The predicted octanol–water partition coefficient (Wildman–Crippen LogP) is -0.726. The molecule has 3 heterocycles. The van der Waals surface area contributed by atoms with Crippen molar-refractivity contribution in [2.24, 2.45) is 5.73 Å². The number of piperazine rings is 1. The van der Waals surface area contributed by atoms with Crippen LogP contribution in [0.1, 0.15) is 10.5 Å². The fraction of sp³-hybridized carbons (Fsp3) is 0.538. The molecule has 1 amide bonds. The summed E-state index contributed by atoms with van der Waals surface area (Å²) < 4.78 is 0. The molecule has 0 bridgehead atoms. The highest BCUT2D eigenvalue weighted by Gasteiger charge is 2.28. The van der Waals surface area contributed by atoms with Crippen LogP contribution in [0.4, 0.5) is 5.82 Å². The highest BCUT2D eigenvalue weighted by Crippen LogP contribution is 2.16. The Hall–Kier alpha value is -1.66. The van der Waals surface area contributed by atoms with Gasteiger partial charge in [0.15, 0.2) is 0 Å². The topological polar surface area (TPSA) is 74.5 Å². The molecule has 0 saturated carbocycles. The zero-order valence-electron chi connectivity index (χ0n) is 10.9. The molecule has 0 radical (unpaired) electrons. The predicted molar refractivity (Wildman–Crippen MR) is 73.2 cm³/mol. The number of nitrogens with one attached hydrogen (secondary N) is 1. The van der Waals surface area contributed by atoms with Gasteiger partial charge in [-0.1, -0.05) is 6.07 Å². The number of rotatable bonds is 3. The molecule has 2 aliphatic rings. The molecule has 0 spiro atoms. The van der Waals surface area contributed by atoms with Crippen LogP contribution >= 0.6 is 0 Å². The summed E-state index contributed by atoms with van der Waals surface area (Å²) in [6, 6.07) is 6.13. The van der Waals surface area contributed by atoms with Crippen LogP contribution < -0.4 is 16.0 Å². The van der Waals surface area contributed by atoms with Crippen molar-refractivity contribution in [3.05, 3.63) is 23.9 Å². The van der Waals surface area contributed by atoms with Crippen LogP contribution in [0.15, 0.2) is 18.2 Å². The minimum absolute atomic E-state index is 0.336. The summed E-state index contributed by atoms with van der Waals surface area (Å²) in [5, 5.41) is 3.30. The molecule has 1 aromatic rings. The number of pyridine rings is 1. The van der Waals surface area contributed by atoms with Crippen LogP contribution in [0.5, 0.6) is 0 Å². The van der Waals surface area contributed by atoms with E-state index in [2.05, 4.69) is 20.1 Å². The molecule has 2 fully saturated rings. The second-order valence-electron chi connectivity index (χ2n) is 5.08. The fourth-order valence-corrected chi connectivity index (χ4v) is 2.58. The highest BCUT2D eigenvalue weighted by molar-refractivity contribution is 5.91. The molecular weight excluding hydrogens is 242 g/mol. The van der Waals surface area contributed by atoms with Crippen molar-refractivity contribution in [2.45, 2.75) is 6.04 Å². The Labute approximate surface area is 112 Å². The number of primary amides is 1. The first kappa shape index (κ1) is 12.4. The van der Waals surface area contributed by atoms with Gasteiger partial charge in [0, 0.05) is 45.3 Å². The number of amides is 1. The number of hydrogen-bond donors (Lipinski definition) is 2. The Bertz CT molecular complexity index is 466. The Morgan fingerprint density at radius 1 is 1.26 bits per heavy atom. The largest absolute Gasteiger partial charge is 0.364 e. The molecule has 0 atom stereocenters. The number of aromatic nitrogens is 1. The van der Waals surface area contributed by atoms with Gasteiger partial charge >= 0.3 is 0 Å². The third-order valence-corrected chi connectivity index (χ3v) is 3.90. The molecule has 6 nitrogen and oxygen atoms in total. The average Bonchev–Trinajstić information content (AvgIpc) is 2.38. The molecule has 1 aromatic heterocycles. The van der Waals surface area contributed by atoms with Crippen LogP contribution in [0, 0.1) is 0 Å². The molecule has 102 valence electrons. The van der Waals surface area contributed by atoms with E-state index in [9.17, 15) is 4.79 Å². The second kappa shape index (κ2) is 5.14. The van der Waals surface area contributed by atoms with Crippen LogP contribution in [0.3, 0.4) is 0 Å². The maximum atomic E-state index is 11.1. The van der Waals surface area contributed by atoms with E-state index in [1.807, 2.05) is 12.1 Å². The van der Waals surface area contributed by atoms with Crippen molar-refractivity contribution in [1.82, 2.24) is 15.2 Å². The molecule has 0 aromatic carbocycles. The third-order valence-electron chi connectivity index (χ3n) is 3.90. The summed E-state index contributed by atoms with van der Waals surface area (Å²) in [6.07, 6.45) is 0. The summed E-state index contributed by atoms with van der Waals surface area (Å²) in [6.45, 7) is 6.21. The first-order valence-electron chi connectivity index (χ1n) is 6.70.